The lowest BCUT2D eigenvalue weighted by molar-refractivity contribution is -0.370. The second kappa shape index (κ2) is 9.68. The van der Waals surface area contributed by atoms with Gasteiger partial charge in [-0.25, -0.2) is 0 Å². The zero-order valence-corrected chi connectivity index (χ0v) is 23.0. The van der Waals surface area contributed by atoms with Crippen LogP contribution >= 0.6 is 0 Å². The molecule has 2 saturated heterocycles. The Morgan fingerprint density at radius 2 is 1.84 bits per heavy atom. The van der Waals surface area contributed by atoms with Crippen molar-refractivity contribution in [1.29, 1.82) is 0 Å². The van der Waals surface area contributed by atoms with Crippen molar-refractivity contribution < 1.29 is 39.1 Å². The number of rotatable bonds is 6. The Hall–Kier alpha value is -1.36. The standard InChI is InChI=1S/C28H45NO8/c1-7-25(4)17-19(31)28(34)26(5)18(30)10-11-24(2,3)22(26)21(33)23(27(28,6)37-25)36-20(32)9-8-12-29-13-15-35-16-14-29/h7,18,21-23,30,33-34H,1,8-17H2,2-6H3/t18-,21?,22?,23?,25-,26?,27+,28-/m0/s1. The minimum atomic E-state index is -2.21. The maximum absolute atomic E-state index is 13.9. The van der Waals surface area contributed by atoms with Gasteiger partial charge in [0.2, 0.25) is 0 Å². The summed E-state index contributed by atoms with van der Waals surface area (Å²) in [5, 5.41) is 35.7. The molecule has 0 amide bonds. The first-order valence-corrected chi connectivity index (χ1v) is 13.6. The third kappa shape index (κ3) is 4.30. The lowest BCUT2D eigenvalue weighted by Crippen LogP contribution is -2.86. The fourth-order valence-electron chi connectivity index (χ4n) is 7.95. The predicted octanol–water partition coefficient (Wildman–Crippen LogP) is 1.61. The van der Waals surface area contributed by atoms with Crippen LogP contribution in [0.3, 0.4) is 0 Å². The number of nitrogens with zero attached hydrogens (tertiary/aromatic N) is 1. The number of aliphatic hydroxyl groups is 3. The lowest BCUT2D eigenvalue weighted by atomic mass is 9.40. The number of esters is 1. The van der Waals surface area contributed by atoms with Gasteiger partial charge in [-0.3, -0.25) is 14.5 Å². The van der Waals surface area contributed by atoms with E-state index in [9.17, 15) is 24.9 Å². The summed E-state index contributed by atoms with van der Waals surface area (Å²) >= 11 is 0. The third-order valence-corrected chi connectivity index (χ3v) is 9.94. The molecule has 4 fully saturated rings. The summed E-state index contributed by atoms with van der Waals surface area (Å²) in [6, 6.07) is 0. The Balaban J connectivity index is 1.69. The number of fused-ring (bicyclic) bond motifs is 3. The van der Waals surface area contributed by atoms with E-state index in [2.05, 4.69) is 11.5 Å². The summed E-state index contributed by atoms with van der Waals surface area (Å²) < 4.78 is 17.8. The van der Waals surface area contributed by atoms with Gasteiger partial charge in [-0.2, -0.15) is 0 Å². The van der Waals surface area contributed by atoms with Crippen LogP contribution in [0.1, 0.15) is 66.7 Å². The van der Waals surface area contributed by atoms with Gasteiger partial charge in [-0.05, 0) is 45.1 Å². The highest BCUT2D eigenvalue weighted by molar-refractivity contribution is 5.92. The molecule has 0 aromatic rings. The van der Waals surface area contributed by atoms with Gasteiger partial charge < -0.3 is 29.5 Å². The molecular weight excluding hydrogens is 478 g/mol. The van der Waals surface area contributed by atoms with Crippen molar-refractivity contribution in [3.05, 3.63) is 12.7 Å². The number of morpholine rings is 1. The van der Waals surface area contributed by atoms with Crippen LogP contribution in [0, 0.1) is 16.7 Å². The van der Waals surface area contributed by atoms with Crippen LogP contribution in [0.2, 0.25) is 0 Å². The van der Waals surface area contributed by atoms with Gasteiger partial charge >= 0.3 is 5.97 Å². The summed E-state index contributed by atoms with van der Waals surface area (Å²) in [4.78, 5) is 29.3. The molecule has 4 aliphatic rings. The van der Waals surface area contributed by atoms with Crippen molar-refractivity contribution in [3.63, 3.8) is 0 Å². The normalized spacial score (nSPS) is 46.0. The van der Waals surface area contributed by atoms with Crippen molar-refractivity contribution in [2.45, 2.75) is 102 Å². The second-order valence-corrected chi connectivity index (χ2v) is 12.8. The number of Topliss-reactive ketones (excluding diaryl/α,β-unsaturated/α-hetero) is 1. The molecule has 0 aromatic carbocycles. The first-order valence-electron chi connectivity index (χ1n) is 13.6. The van der Waals surface area contributed by atoms with Crippen LogP contribution in [0.5, 0.6) is 0 Å². The van der Waals surface area contributed by atoms with E-state index < -0.39 is 63.6 Å². The molecule has 9 heteroatoms. The zero-order valence-electron chi connectivity index (χ0n) is 23.0. The van der Waals surface area contributed by atoms with E-state index in [0.29, 0.717) is 32.5 Å². The van der Waals surface area contributed by atoms with Crippen molar-refractivity contribution in [1.82, 2.24) is 4.90 Å². The first kappa shape index (κ1) is 28.6. The molecular formula is C28H45NO8. The zero-order chi connectivity index (χ0) is 27.4. The number of aliphatic hydroxyl groups excluding tert-OH is 2. The molecule has 0 spiro atoms. The SMILES string of the molecule is C=C[C@@]1(C)CC(=O)[C@]2(O)C3(C)C(C(O)C(OC(=O)CCCN4CCOCC4)[C@@]2(C)O1)C(C)(C)CC[C@@H]3O. The molecule has 0 aromatic heterocycles. The minimum Gasteiger partial charge on any atom is -0.456 e. The summed E-state index contributed by atoms with van der Waals surface area (Å²) in [5.74, 6) is -1.76. The number of hydrogen-bond donors (Lipinski definition) is 3. The molecule has 2 aliphatic carbocycles. The van der Waals surface area contributed by atoms with Gasteiger partial charge in [0.1, 0.15) is 5.60 Å². The Kier molecular flexibility index (Phi) is 7.49. The summed E-state index contributed by atoms with van der Waals surface area (Å²) in [5.41, 5.74) is -7.14. The van der Waals surface area contributed by atoms with Crippen molar-refractivity contribution >= 4 is 11.8 Å². The maximum atomic E-state index is 13.9. The molecule has 37 heavy (non-hydrogen) atoms. The highest BCUT2D eigenvalue weighted by atomic mass is 16.6. The van der Waals surface area contributed by atoms with Crippen LogP contribution in [0.15, 0.2) is 12.7 Å². The third-order valence-electron chi connectivity index (χ3n) is 9.94. The Morgan fingerprint density at radius 1 is 1.19 bits per heavy atom. The van der Waals surface area contributed by atoms with Gasteiger partial charge in [-0.1, -0.05) is 26.8 Å². The fourth-order valence-corrected chi connectivity index (χ4v) is 7.95. The van der Waals surface area contributed by atoms with Crippen LogP contribution in [0.25, 0.3) is 0 Å². The topological polar surface area (TPSA) is 126 Å². The Bertz CT molecular complexity index is 918. The molecule has 2 saturated carbocycles. The summed E-state index contributed by atoms with van der Waals surface area (Å²) in [6.45, 7) is 16.3. The van der Waals surface area contributed by atoms with Crippen LogP contribution < -0.4 is 0 Å². The van der Waals surface area contributed by atoms with E-state index in [1.165, 1.54) is 13.0 Å². The Labute approximate surface area is 220 Å². The molecule has 3 N–H and O–H groups in total. The number of carbonyl (C=O) groups is 2. The number of carbonyl (C=O) groups excluding carboxylic acids is 2. The monoisotopic (exact) mass is 523 g/mol. The number of ketones is 1. The van der Waals surface area contributed by atoms with E-state index in [4.69, 9.17) is 14.2 Å². The van der Waals surface area contributed by atoms with E-state index >= 15 is 0 Å². The van der Waals surface area contributed by atoms with Gasteiger partial charge in [0.15, 0.2) is 17.5 Å². The fraction of sp³-hybridized carbons (Fsp3) is 0.857. The molecule has 4 rings (SSSR count). The van der Waals surface area contributed by atoms with Crippen LogP contribution in [-0.4, -0.2) is 99.9 Å². The average molecular weight is 524 g/mol. The van der Waals surface area contributed by atoms with Gasteiger partial charge in [-0.15, -0.1) is 6.58 Å². The molecule has 2 heterocycles. The van der Waals surface area contributed by atoms with Crippen molar-refractivity contribution in [2.24, 2.45) is 16.7 Å². The van der Waals surface area contributed by atoms with Crippen LogP contribution in [0.4, 0.5) is 0 Å². The van der Waals surface area contributed by atoms with Crippen LogP contribution in [-0.2, 0) is 23.8 Å². The van der Waals surface area contributed by atoms with E-state index in [-0.39, 0.29) is 12.8 Å². The van der Waals surface area contributed by atoms with E-state index in [0.717, 1.165) is 19.6 Å². The van der Waals surface area contributed by atoms with Crippen molar-refractivity contribution in [3.8, 4) is 0 Å². The molecule has 2 aliphatic heterocycles. The molecule has 4 unspecified atom stereocenters. The summed E-state index contributed by atoms with van der Waals surface area (Å²) in [7, 11) is 0. The maximum Gasteiger partial charge on any atom is 0.306 e. The van der Waals surface area contributed by atoms with E-state index in [1.807, 2.05) is 13.8 Å². The molecule has 8 atom stereocenters. The van der Waals surface area contributed by atoms with Gasteiger partial charge in [0, 0.05) is 37.3 Å². The second-order valence-electron chi connectivity index (χ2n) is 12.8. The van der Waals surface area contributed by atoms with Gasteiger partial charge in [0.05, 0.1) is 31.0 Å². The largest absolute Gasteiger partial charge is 0.456 e. The predicted molar refractivity (Wildman–Crippen MR) is 136 cm³/mol. The quantitative estimate of drug-likeness (QED) is 0.352. The Morgan fingerprint density at radius 3 is 2.46 bits per heavy atom. The molecule has 210 valence electrons. The molecule has 0 bridgehead atoms. The average Bonchev–Trinajstić information content (AvgIpc) is 2.83. The smallest absolute Gasteiger partial charge is 0.306 e. The minimum absolute atomic E-state index is 0.121. The van der Waals surface area contributed by atoms with Crippen molar-refractivity contribution in [2.75, 3.05) is 32.8 Å². The molecule has 9 nitrogen and oxygen atoms in total. The highest BCUT2D eigenvalue weighted by Gasteiger charge is 2.81. The van der Waals surface area contributed by atoms with E-state index in [1.54, 1.807) is 13.8 Å². The lowest BCUT2D eigenvalue weighted by Gasteiger charge is -2.71. The molecule has 0 radical (unpaired) electrons. The number of ether oxygens (including phenoxy) is 3. The first-order chi connectivity index (χ1) is 17.2. The van der Waals surface area contributed by atoms with Gasteiger partial charge in [0.25, 0.3) is 0 Å². The highest BCUT2D eigenvalue weighted by Crippen LogP contribution is 2.67. The number of hydrogen-bond acceptors (Lipinski definition) is 9. The summed E-state index contributed by atoms with van der Waals surface area (Å²) in [6.07, 6.45) is -0.666.